The number of allylic oxidation sites excluding steroid dienone is 4. The number of hydrogen-bond acceptors (Lipinski definition) is 13. The molecule has 0 spiro atoms. The molecular weight excluding hydrogens is 757 g/mol. The lowest BCUT2D eigenvalue weighted by molar-refractivity contribution is -0.133. The number of likely N-dealkylation sites (N-methyl/N-ethyl adjacent to an activating group) is 1. The van der Waals surface area contributed by atoms with Crippen molar-refractivity contribution >= 4 is 56.9 Å². The summed E-state index contributed by atoms with van der Waals surface area (Å²) in [6.45, 7) is 10.00. The first-order valence-electron chi connectivity index (χ1n) is 18.5. The highest BCUT2D eigenvalue weighted by atomic mass is 32.1. The minimum Gasteiger partial charge on any atom is -0.410 e. The molecule has 0 saturated heterocycles. The van der Waals surface area contributed by atoms with Gasteiger partial charge < -0.3 is 39.0 Å². The van der Waals surface area contributed by atoms with Gasteiger partial charge >= 0.3 is 6.09 Å². The Labute approximate surface area is 336 Å². The number of ketones is 2. The zero-order chi connectivity index (χ0) is 41.9. The quantitative estimate of drug-likeness (QED) is 0.151. The summed E-state index contributed by atoms with van der Waals surface area (Å²) in [6.07, 6.45) is 2.05. The van der Waals surface area contributed by atoms with Crippen LogP contribution in [0.5, 0.6) is 5.75 Å². The summed E-state index contributed by atoms with van der Waals surface area (Å²) in [5.74, 6) is -0.860. The van der Waals surface area contributed by atoms with Gasteiger partial charge in [0.1, 0.15) is 11.8 Å². The van der Waals surface area contributed by atoms with E-state index in [1.54, 1.807) is 65.9 Å². The number of fused-ring (bicyclic) bond motifs is 1. The number of amides is 4. The lowest BCUT2D eigenvalue weighted by Gasteiger charge is -2.33. The molecule has 0 fully saturated rings. The highest BCUT2D eigenvalue weighted by Gasteiger charge is 2.39. The third kappa shape index (κ3) is 11.6. The monoisotopic (exact) mass is 806 g/mol. The first-order valence-corrected chi connectivity index (χ1v) is 19.3. The molecule has 1 atom stereocenters. The number of Topliss-reactive ketones (excluding diaryl/α,β-unsaturated/α-hetero) is 2. The molecule has 4 amide bonds. The Kier molecular flexibility index (Phi) is 15.8. The summed E-state index contributed by atoms with van der Waals surface area (Å²) in [5.41, 5.74) is 1.14. The lowest BCUT2D eigenvalue weighted by atomic mass is 9.71. The Morgan fingerprint density at radius 2 is 1.68 bits per heavy atom. The number of rotatable bonds is 20. The topological polar surface area (TPSA) is 198 Å². The fourth-order valence-electron chi connectivity index (χ4n) is 6.38. The summed E-state index contributed by atoms with van der Waals surface area (Å²) in [5, 5.41) is 12.3. The van der Waals surface area contributed by atoms with Crippen molar-refractivity contribution in [2.24, 2.45) is 5.41 Å². The Bertz CT molecular complexity index is 2010. The van der Waals surface area contributed by atoms with E-state index in [9.17, 15) is 34.0 Å². The van der Waals surface area contributed by atoms with Crippen molar-refractivity contribution in [3.05, 3.63) is 57.7 Å². The summed E-state index contributed by atoms with van der Waals surface area (Å²) in [4.78, 5) is 85.7. The van der Waals surface area contributed by atoms with Gasteiger partial charge in [0.05, 0.1) is 36.6 Å². The molecule has 1 unspecified atom stereocenters. The zero-order valence-electron chi connectivity index (χ0n) is 33.5. The van der Waals surface area contributed by atoms with Crippen LogP contribution in [0.25, 0.3) is 10.2 Å². The summed E-state index contributed by atoms with van der Waals surface area (Å²) >= 11 is 1.17. The fourth-order valence-corrected chi connectivity index (χ4v) is 7.17. The SMILES string of the molecule is COC1C=CC(=O)N1CCNC(=O)CCOCCOCCN(CCN(C)C(=O)CC(C)(C)C1=C(C)C(=O)C(C)=C(C)C1=O)C(=O)Oc1ccc2nc(C#N)sc2c1. The van der Waals surface area contributed by atoms with Gasteiger partial charge in [0, 0.05) is 99.6 Å². The van der Waals surface area contributed by atoms with Gasteiger partial charge in [-0.2, -0.15) is 5.26 Å². The molecule has 16 nitrogen and oxygen atoms in total. The van der Waals surface area contributed by atoms with Crippen molar-refractivity contribution < 1.29 is 47.7 Å². The van der Waals surface area contributed by atoms with Crippen LogP contribution in [0, 0.1) is 16.7 Å². The standard InChI is InChI=1S/C40H50N6O10S/c1-25-26(2)38(51)36(27(3)37(25)50)40(4,5)23-34(49)44(6)15-16-45(39(52)56-28-8-9-29-30(22-28)57-32(24-41)43-29)17-19-55-21-20-54-18-12-31(47)42-13-14-46-33(48)10-11-35(46)53-7/h8-11,22,35H,12-21,23H2,1-7H3,(H,42,47). The molecule has 1 N–H and O–H groups in total. The van der Waals surface area contributed by atoms with Crippen LogP contribution in [-0.4, -0.2) is 135 Å². The van der Waals surface area contributed by atoms with Crippen LogP contribution in [0.3, 0.4) is 0 Å². The maximum absolute atomic E-state index is 13.5. The van der Waals surface area contributed by atoms with Crippen molar-refractivity contribution in [3.8, 4) is 11.8 Å². The molecule has 57 heavy (non-hydrogen) atoms. The van der Waals surface area contributed by atoms with Gasteiger partial charge in [-0.05, 0) is 39.0 Å². The number of nitrogens with zero attached hydrogens (tertiary/aromatic N) is 5. The summed E-state index contributed by atoms with van der Waals surface area (Å²) in [6, 6.07) is 6.88. The number of carbonyl (C=O) groups excluding carboxylic acids is 6. The molecule has 17 heteroatoms. The van der Waals surface area contributed by atoms with Crippen molar-refractivity contribution in [1.29, 1.82) is 5.26 Å². The number of nitriles is 1. The Morgan fingerprint density at radius 1 is 0.982 bits per heavy atom. The molecule has 1 aromatic carbocycles. The maximum Gasteiger partial charge on any atom is 0.415 e. The number of benzene rings is 1. The van der Waals surface area contributed by atoms with E-state index in [1.165, 1.54) is 39.2 Å². The van der Waals surface area contributed by atoms with Gasteiger partial charge in [-0.3, -0.25) is 24.0 Å². The molecule has 4 rings (SSSR count). The van der Waals surface area contributed by atoms with Crippen molar-refractivity contribution in [1.82, 2.24) is 25.0 Å². The van der Waals surface area contributed by atoms with E-state index in [0.717, 1.165) is 0 Å². The Morgan fingerprint density at radius 3 is 2.39 bits per heavy atom. The molecule has 1 aromatic heterocycles. The molecule has 2 heterocycles. The van der Waals surface area contributed by atoms with Gasteiger partial charge in [0.15, 0.2) is 22.8 Å². The van der Waals surface area contributed by atoms with Crippen LogP contribution in [0.4, 0.5) is 4.79 Å². The largest absolute Gasteiger partial charge is 0.415 e. The van der Waals surface area contributed by atoms with E-state index in [0.29, 0.717) is 39.1 Å². The average Bonchev–Trinajstić information content (AvgIpc) is 3.76. The predicted molar refractivity (Wildman–Crippen MR) is 210 cm³/mol. The first kappa shape index (κ1) is 44.4. The summed E-state index contributed by atoms with van der Waals surface area (Å²) in [7, 11) is 3.11. The average molecular weight is 807 g/mol. The number of aromatic nitrogens is 1. The molecule has 1 aliphatic carbocycles. The number of methoxy groups -OCH3 is 1. The molecule has 306 valence electrons. The minimum absolute atomic E-state index is 0.0393. The zero-order valence-corrected chi connectivity index (χ0v) is 34.3. The molecule has 2 aliphatic rings. The van der Waals surface area contributed by atoms with E-state index in [4.69, 9.17) is 18.9 Å². The summed E-state index contributed by atoms with van der Waals surface area (Å²) < 4.78 is 22.8. The van der Waals surface area contributed by atoms with Crippen molar-refractivity contribution in [2.45, 2.75) is 53.7 Å². The van der Waals surface area contributed by atoms with E-state index < -0.39 is 17.7 Å². The predicted octanol–water partition coefficient (Wildman–Crippen LogP) is 3.56. The van der Waals surface area contributed by atoms with Gasteiger partial charge in [-0.25, -0.2) is 9.78 Å². The number of nitrogens with one attached hydrogen (secondary N) is 1. The van der Waals surface area contributed by atoms with Crippen molar-refractivity contribution in [2.75, 3.05) is 73.3 Å². The Hall–Kier alpha value is -5.28. The highest BCUT2D eigenvalue weighted by Crippen LogP contribution is 2.39. The van der Waals surface area contributed by atoms with E-state index >= 15 is 0 Å². The van der Waals surface area contributed by atoms with Crippen LogP contribution < -0.4 is 10.1 Å². The molecule has 0 radical (unpaired) electrons. The van der Waals surface area contributed by atoms with Crippen LogP contribution in [0.1, 0.15) is 52.5 Å². The maximum atomic E-state index is 13.5. The number of thiazole rings is 1. The van der Waals surface area contributed by atoms with Gasteiger partial charge in [-0.1, -0.05) is 13.8 Å². The molecule has 2 aromatic rings. The third-order valence-corrected chi connectivity index (χ3v) is 10.7. The molecular formula is C40H50N6O10S. The Balaban J connectivity index is 1.27. The second-order valence-corrected chi connectivity index (χ2v) is 15.3. The number of ether oxygens (including phenoxy) is 4. The van der Waals surface area contributed by atoms with E-state index in [1.807, 2.05) is 6.07 Å². The normalized spacial score (nSPS) is 15.8. The minimum atomic E-state index is -0.926. The second-order valence-electron chi connectivity index (χ2n) is 14.2. The van der Waals surface area contributed by atoms with Crippen LogP contribution >= 0.6 is 11.3 Å². The van der Waals surface area contributed by atoms with E-state index in [2.05, 4.69) is 10.3 Å². The van der Waals surface area contributed by atoms with Gasteiger partial charge in [0.2, 0.25) is 17.7 Å². The van der Waals surface area contributed by atoms with Crippen LogP contribution in [0.15, 0.2) is 52.6 Å². The fraction of sp³-hybridized carbons (Fsp3) is 0.500. The molecule has 1 aliphatic heterocycles. The molecule has 0 saturated carbocycles. The first-order chi connectivity index (χ1) is 27.1. The van der Waals surface area contributed by atoms with Gasteiger partial charge in [0.25, 0.3) is 0 Å². The number of carbonyl (C=O) groups is 6. The lowest BCUT2D eigenvalue weighted by Crippen LogP contribution is -2.43. The highest BCUT2D eigenvalue weighted by molar-refractivity contribution is 7.19. The van der Waals surface area contributed by atoms with Crippen molar-refractivity contribution in [3.63, 3.8) is 0 Å². The van der Waals surface area contributed by atoms with E-state index in [-0.39, 0.29) is 105 Å². The smallest absolute Gasteiger partial charge is 0.410 e. The van der Waals surface area contributed by atoms with Crippen LogP contribution in [0.2, 0.25) is 0 Å². The third-order valence-electron chi connectivity index (χ3n) is 9.77. The second kappa shape index (κ2) is 20.2. The van der Waals surface area contributed by atoms with Crippen LogP contribution in [-0.2, 0) is 38.2 Å². The van der Waals surface area contributed by atoms with Gasteiger partial charge in [-0.15, -0.1) is 11.3 Å². The number of hydrogen-bond donors (Lipinski definition) is 1. The molecule has 0 bridgehead atoms.